The van der Waals surface area contributed by atoms with E-state index in [9.17, 15) is 4.79 Å². The van der Waals surface area contributed by atoms with Gasteiger partial charge in [0.15, 0.2) is 0 Å². The largest absolute Gasteiger partial charge is 0.481 e. The molecule has 5 nitrogen and oxygen atoms in total. The van der Waals surface area contributed by atoms with Crippen molar-refractivity contribution in [2.75, 3.05) is 0 Å². The maximum atomic E-state index is 10.7. The molecular weight excluding hydrogens is 321 g/mol. The number of carboxylic acids is 1. The van der Waals surface area contributed by atoms with E-state index in [0.717, 1.165) is 10.2 Å². The molecule has 0 aliphatic heterocycles. The summed E-state index contributed by atoms with van der Waals surface area (Å²) < 4.78 is 2.33. The number of rotatable bonds is 3. The third kappa shape index (κ3) is 2.54. The van der Waals surface area contributed by atoms with Crippen LogP contribution in [0.4, 0.5) is 0 Å². The summed E-state index contributed by atoms with van der Waals surface area (Å²) in [5.41, 5.74) is 1.92. The van der Waals surface area contributed by atoms with Gasteiger partial charge in [-0.05, 0) is 41.1 Å². The number of carbonyl (C=O) groups is 1. The van der Waals surface area contributed by atoms with Crippen molar-refractivity contribution < 1.29 is 9.90 Å². The van der Waals surface area contributed by atoms with Crippen molar-refractivity contribution in [1.29, 1.82) is 0 Å². The Bertz CT molecular complexity index is 612. The molecule has 0 radical (unpaired) electrons. The molecule has 0 fully saturated rings. The molecule has 18 heavy (non-hydrogen) atoms. The summed E-state index contributed by atoms with van der Waals surface area (Å²) in [6.45, 7) is 1.78. The molecule has 0 aliphatic rings. The van der Waals surface area contributed by atoms with Crippen LogP contribution in [0.5, 0.6) is 0 Å². The summed E-state index contributed by atoms with van der Waals surface area (Å²) >= 11 is 9.24. The third-order valence-corrected chi connectivity index (χ3v) is 3.67. The molecule has 0 atom stereocenters. The number of carboxylic acid groups (broad SMARTS) is 1. The molecule has 1 aromatic heterocycles. The lowest BCUT2D eigenvalue weighted by atomic mass is 10.2. The van der Waals surface area contributed by atoms with Crippen molar-refractivity contribution in [2.45, 2.75) is 13.3 Å². The minimum Gasteiger partial charge on any atom is -0.481 e. The van der Waals surface area contributed by atoms with Crippen LogP contribution in [0.3, 0.4) is 0 Å². The Balaban J connectivity index is 2.42. The van der Waals surface area contributed by atoms with Crippen molar-refractivity contribution in [3.63, 3.8) is 0 Å². The van der Waals surface area contributed by atoms with E-state index in [0.29, 0.717) is 16.4 Å². The average molecular weight is 331 g/mol. The normalized spacial score (nSPS) is 10.6. The minimum absolute atomic E-state index is 0.138. The van der Waals surface area contributed by atoms with E-state index in [2.05, 4.69) is 26.2 Å². The van der Waals surface area contributed by atoms with Gasteiger partial charge in [-0.2, -0.15) is 0 Å². The second-order valence-corrected chi connectivity index (χ2v) is 4.96. The van der Waals surface area contributed by atoms with Gasteiger partial charge in [-0.15, -0.1) is 5.10 Å². The van der Waals surface area contributed by atoms with Gasteiger partial charge in [-0.25, -0.2) is 4.68 Å². The van der Waals surface area contributed by atoms with E-state index < -0.39 is 5.97 Å². The van der Waals surface area contributed by atoms with Gasteiger partial charge in [0.1, 0.15) is 0 Å². The Labute approximate surface area is 117 Å². The molecule has 1 aromatic carbocycles. The first-order valence-corrected chi connectivity index (χ1v) is 6.24. The third-order valence-electron chi connectivity index (χ3n) is 2.46. The number of halogens is 2. The van der Waals surface area contributed by atoms with Gasteiger partial charge >= 0.3 is 5.97 Å². The summed E-state index contributed by atoms with van der Waals surface area (Å²) in [6.07, 6.45) is -0.138. The van der Waals surface area contributed by atoms with Crippen LogP contribution < -0.4 is 0 Å². The molecule has 0 amide bonds. The van der Waals surface area contributed by atoms with Gasteiger partial charge in [0, 0.05) is 4.47 Å². The van der Waals surface area contributed by atoms with E-state index >= 15 is 0 Å². The van der Waals surface area contributed by atoms with Crippen LogP contribution in [0.2, 0.25) is 5.02 Å². The molecule has 94 valence electrons. The van der Waals surface area contributed by atoms with Crippen LogP contribution in [-0.4, -0.2) is 26.1 Å². The second kappa shape index (κ2) is 5.07. The predicted molar refractivity (Wildman–Crippen MR) is 70.1 cm³/mol. The number of hydrogen-bond acceptors (Lipinski definition) is 3. The van der Waals surface area contributed by atoms with Crippen molar-refractivity contribution in [1.82, 2.24) is 15.0 Å². The van der Waals surface area contributed by atoms with Crippen LogP contribution in [0.1, 0.15) is 11.4 Å². The lowest BCUT2D eigenvalue weighted by Gasteiger charge is -2.05. The van der Waals surface area contributed by atoms with Crippen LogP contribution in [-0.2, 0) is 11.2 Å². The highest BCUT2D eigenvalue weighted by Gasteiger charge is 2.13. The minimum atomic E-state index is -0.928. The highest BCUT2D eigenvalue weighted by molar-refractivity contribution is 9.10. The zero-order valence-electron chi connectivity index (χ0n) is 9.39. The SMILES string of the molecule is Cc1c(CC(=O)O)nnn1-c1ccc(Cl)c(Br)c1. The topological polar surface area (TPSA) is 68.0 Å². The highest BCUT2D eigenvalue weighted by Crippen LogP contribution is 2.25. The van der Waals surface area contributed by atoms with Gasteiger partial charge < -0.3 is 5.11 Å². The zero-order valence-corrected chi connectivity index (χ0v) is 11.7. The van der Waals surface area contributed by atoms with Crippen molar-refractivity contribution in [2.24, 2.45) is 0 Å². The Kier molecular flexibility index (Phi) is 3.68. The summed E-state index contributed by atoms with van der Waals surface area (Å²) in [5.74, 6) is -0.928. The molecule has 2 aromatic rings. The average Bonchev–Trinajstić information content (AvgIpc) is 2.64. The Hall–Kier alpha value is -1.40. The van der Waals surface area contributed by atoms with Gasteiger partial charge in [0.2, 0.25) is 0 Å². The van der Waals surface area contributed by atoms with Crippen molar-refractivity contribution in [3.8, 4) is 5.69 Å². The van der Waals surface area contributed by atoms with E-state index in [1.54, 1.807) is 29.8 Å². The second-order valence-electron chi connectivity index (χ2n) is 3.70. The first-order valence-electron chi connectivity index (χ1n) is 5.07. The van der Waals surface area contributed by atoms with Gasteiger partial charge in [-0.1, -0.05) is 16.8 Å². The molecule has 0 bridgehead atoms. The van der Waals surface area contributed by atoms with Crippen LogP contribution in [0.15, 0.2) is 22.7 Å². The van der Waals surface area contributed by atoms with E-state index in [1.165, 1.54) is 0 Å². The summed E-state index contributed by atoms with van der Waals surface area (Å²) in [5, 5.41) is 17.2. The Morgan fingerprint density at radius 1 is 1.56 bits per heavy atom. The Morgan fingerprint density at radius 3 is 2.89 bits per heavy atom. The first-order chi connectivity index (χ1) is 8.49. The fourth-order valence-corrected chi connectivity index (χ4v) is 2.01. The first kappa shape index (κ1) is 13.0. The fourth-order valence-electron chi connectivity index (χ4n) is 1.53. The number of aromatic nitrogens is 3. The Morgan fingerprint density at radius 2 is 2.28 bits per heavy atom. The number of nitrogens with zero attached hydrogens (tertiary/aromatic N) is 3. The summed E-state index contributed by atoms with van der Waals surface area (Å²) in [4.78, 5) is 10.7. The standard InChI is InChI=1S/C11H9BrClN3O2/c1-6-10(5-11(17)18)14-15-16(6)7-2-3-9(13)8(12)4-7/h2-4H,5H2,1H3,(H,17,18). The smallest absolute Gasteiger partial charge is 0.309 e. The molecule has 0 spiro atoms. The van der Waals surface area contributed by atoms with Gasteiger partial charge in [0.05, 0.1) is 28.5 Å². The molecule has 7 heteroatoms. The van der Waals surface area contributed by atoms with E-state index in [-0.39, 0.29) is 6.42 Å². The number of benzene rings is 1. The fraction of sp³-hybridized carbons (Fsp3) is 0.182. The van der Waals surface area contributed by atoms with Crippen LogP contribution >= 0.6 is 27.5 Å². The lowest BCUT2D eigenvalue weighted by molar-refractivity contribution is -0.136. The molecule has 1 heterocycles. The van der Waals surface area contributed by atoms with E-state index in [4.69, 9.17) is 16.7 Å². The van der Waals surface area contributed by atoms with Crippen LogP contribution in [0.25, 0.3) is 5.69 Å². The predicted octanol–water partition coefficient (Wildman–Crippen LogP) is 2.62. The molecule has 0 aliphatic carbocycles. The monoisotopic (exact) mass is 329 g/mol. The highest BCUT2D eigenvalue weighted by atomic mass is 79.9. The van der Waals surface area contributed by atoms with E-state index in [1.807, 2.05) is 0 Å². The van der Waals surface area contributed by atoms with Crippen LogP contribution in [0, 0.1) is 6.92 Å². The molecule has 0 saturated heterocycles. The molecule has 0 saturated carbocycles. The molecule has 2 rings (SSSR count). The number of hydrogen-bond donors (Lipinski definition) is 1. The van der Waals surface area contributed by atoms with Gasteiger partial charge in [-0.3, -0.25) is 4.79 Å². The van der Waals surface area contributed by atoms with Gasteiger partial charge in [0.25, 0.3) is 0 Å². The molecule has 1 N–H and O–H groups in total. The molecule has 0 unspecified atom stereocenters. The summed E-state index contributed by atoms with van der Waals surface area (Å²) in [7, 11) is 0. The quantitative estimate of drug-likeness (QED) is 0.939. The van der Waals surface area contributed by atoms with Crippen molar-refractivity contribution >= 4 is 33.5 Å². The molecular formula is C11H9BrClN3O2. The maximum Gasteiger partial charge on any atom is 0.309 e. The van der Waals surface area contributed by atoms with Crippen molar-refractivity contribution in [3.05, 3.63) is 39.1 Å². The lowest BCUT2D eigenvalue weighted by Crippen LogP contribution is -2.03. The summed E-state index contributed by atoms with van der Waals surface area (Å²) in [6, 6.07) is 5.33. The maximum absolute atomic E-state index is 10.7. The zero-order chi connectivity index (χ0) is 13.3. The number of aliphatic carboxylic acids is 1.